The third kappa shape index (κ3) is 23.0. The quantitative estimate of drug-likeness (QED) is 0.0269. The highest BCUT2D eigenvalue weighted by molar-refractivity contribution is 7.57. The Kier molecular flexibility index (Phi) is 26.3. The van der Waals surface area contributed by atoms with Gasteiger partial charge in [0.15, 0.2) is 7.37 Å². The molecular weight excluding hydrogens is 995 g/mol. The van der Waals surface area contributed by atoms with Crippen LogP contribution < -0.4 is 30.7 Å². The molecule has 0 saturated carbocycles. The molecule has 384 valence electrons. The fraction of sp³-hybridized carbons (Fsp3) is 0.477. The fourth-order valence-electron chi connectivity index (χ4n) is 5.67. The molecule has 0 aliphatic carbocycles. The molecule has 6 N–H and O–H groups in total. The van der Waals surface area contributed by atoms with Crippen LogP contribution in [0.5, 0.6) is 17.2 Å². The lowest BCUT2D eigenvalue weighted by Crippen LogP contribution is -2.43. The van der Waals surface area contributed by atoms with Gasteiger partial charge in [0.1, 0.15) is 23.4 Å². The van der Waals surface area contributed by atoms with Crippen LogP contribution in [0.1, 0.15) is 71.6 Å². The van der Waals surface area contributed by atoms with Crippen molar-refractivity contribution in [3.8, 4) is 17.2 Å². The Balaban J connectivity index is 0.000000478. The SMILES string of the molecule is CCNc1nc(Cl)nc(NC(C)(C)C)n1.CCOc1cc(Oc2ccc(C(F)(F)F)cc2Cl)ccc1[N+](=O)[O-].CCc1cccc(C)c1N(C(=O)CCl)C(C)COC.CP(=O)(O)CCC(N)C(=O)O. The summed E-state index contributed by atoms with van der Waals surface area (Å²) in [5, 5.41) is 25.3. The van der Waals surface area contributed by atoms with Crippen molar-refractivity contribution in [1.82, 2.24) is 15.0 Å². The van der Waals surface area contributed by atoms with Crippen LogP contribution in [0.4, 0.5) is 36.4 Å². The number of anilines is 3. The number of benzene rings is 3. The van der Waals surface area contributed by atoms with Gasteiger partial charge in [-0.3, -0.25) is 24.3 Å². The predicted octanol–water partition coefficient (Wildman–Crippen LogP) is 10.5. The maximum absolute atomic E-state index is 12.6. The summed E-state index contributed by atoms with van der Waals surface area (Å²) >= 11 is 17.3. The van der Waals surface area contributed by atoms with Gasteiger partial charge in [-0.15, -0.1) is 11.6 Å². The van der Waals surface area contributed by atoms with Crippen molar-refractivity contribution in [2.24, 2.45) is 5.73 Å². The summed E-state index contributed by atoms with van der Waals surface area (Å²) < 4.78 is 64.2. The van der Waals surface area contributed by atoms with Crippen molar-refractivity contribution in [3.63, 3.8) is 0 Å². The van der Waals surface area contributed by atoms with Gasteiger partial charge in [0.05, 0.1) is 40.5 Å². The second kappa shape index (κ2) is 29.2. The van der Waals surface area contributed by atoms with Crippen LogP contribution >= 0.6 is 42.2 Å². The number of halogens is 6. The molecule has 0 aliphatic heterocycles. The van der Waals surface area contributed by atoms with E-state index in [1.165, 1.54) is 24.9 Å². The number of carboxylic acids is 1. The van der Waals surface area contributed by atoms with Gasteiger partial charge < -0.3 is 45.5 Å². The minimum atomic E-state index is -4.52. The van der Waals surface area contributed by atoms with Crippen LogP contribution in [0.2, 0.25) is 10.3 Å². The number of aromatic nitrogens is 3. The molecule has 0 saturated heterocycles. The monoisotopic (exact) mass is 1050 g/mol. The van der Waals surface area contributed by atoms with E-state index in [-0.39, 0.29) is 75.8 Å². The summed E-state index contributed by atoms with van der Waals surface area (Å²) in [4.78, 5) is 55.2. The number of ether oxygens (including phenoxy) is 3. The van der Waals surface area contributed by atoms with E-state index in [2.05, 4.69) is 38.6 Å². The lowest BCUT2D eigenvalue weighted by molar-refractivity contribution is -0.385. The first-order valence-electron chi connectivity index (χ1n) is 21.1. The average molecular weight is 1060 g/mol. The number of methoxy groups -OCH3 is 1. The number of hydrogen-bond donors (Lipinski definition) is 5. The van der Waals surface area contributed by atoms with E-state index < -0.39 is 36.0 Å². The molecule has 1 heterocycles. The van der Waals surface area contributed by atoms with Crippen LogP contribution in [0.3, 0.4) is 0 Å². The van der Waals surface area contributed by atoms with Crippen molar-refractivity contribution in [2.45, 2.75) is 92.0 Å². The molecule has 25 heteroatoms. The first-order valence-corrected chi connectivity index (χ1v) is 24.7. The van der Waals surface area contributed by atoms with Gasteiger partial charge in [0.25, 0.3) is 0 Å². The number of alkyl halides is 4. The van der Waals surface area contributed by atoms with Crippen LogP contribution in [0, 0.1) is 17.0 Å². The van der Waals surface area contributed by atoms with Gasteiger partial charge >= 0.3 is 17.8 Å². The number of nitrogens with zero attached hydrogens (tertiary/aromatic N) is 5. The Labute approximate surface area is 415 Å². The topological polar surface area (TPSA) is 254 Å². The highest BCUT2D eigenvalue weighted by Crippen LogP contribution is 2.39. The van der Waals surface area contributed by atoms with Crippen molar-refractivity contribution < 1.29 is 56.5 Å². The van der Waals surface area contributed by atoms with Crippen LogP contribution in [-0.2, 0) is 31.5 Å². The Morgan fingerprint density at radius 1 is 1.01 bits per heavy atom. The van der Waals surface area contributed by atoms with E-state index >= 15 is 0 Å². The second-order valence-corrected chi connectivity index (χ2v) is 19.4. The van der Waals surface area contributed by atoms with Gasteiger partial charge in [-0.25, -0.2) is 0 Å². The van der Waals surface area contributed by atoms with E-state index in [1.54, 1.807) is 18.9 Å². The smallest absolute Gasteiger partial charge is 0.416 e. The summed E-state index contributed by atoms with van der Waals surface area (Å²) in [5.74, 6) is -0.156. The van der Waals surface area contributed by atoms with E-state index in [0.717, 1.165) is 48.0 Å². The summed E-state index contributed by atoms with van der Waals surface area (Å²) in [6.07, 6.45) is -3.64. The number of aryl methyl sites for hydroxylation is 2. The second-order valence-electron chi connectivity index (χ2n) is 15.9. The number of nitro groups is 1. The molecule has 3 aromatic carbocycles. The third-order valence-corrected chi connectivity index (χ3v) is 10.5. The predicted molar refractivity (Wildman–Crippen MR) is 264 cm³/mol. The first-order chi connectivity index (χ1) is 32.0. The molecule has 3 unspecified atom stereocenters. The molecule has 69 heavy (non-hydrogen) atoms. The van der Waals surface area contributed by atoms with Crippen LogP contribution in [0.25, 0.3) is 0 Å². The number of carbonyl (C=O) groups is 2. The van der Waals surface area contributed by atoms with Crippen molar-refractivity contribution in [1.29, 1.82) is 0 Å². The number of nitrogens with two attached hydrogens (primary N) is 1. The van der Waals surface area contributed by atoms with Crippen molar-refractivity contribution in [3.05, 3.63) is 91.7 Å². The lowest BCUT2D eigenvalue weighted by Gasteiger charge is -2.31. The zero-order valence-electron chi connectivity index (χ0n) is 40.0. The fourth-order valence-corrected chi connectivity index (χ4v) is 6.93. The average Bonchev–Trinajstić information content (AvgIpc) is 3.23. The zero-order valence-corrected chi connectivity index (χ0v) is 43.2. The molecule has 1 amide bonds. The number of nitrogens with one attached hydrogen (secondary N) is 2. The number of rotatable bonds is 18. The van der Waals surface area contributed by atoms with E-state index in [1.807, 2.05) is 53.7 Å². The molecule has 4 aromatic rings. The van der Waals surface area contributed by atoms with E-state index in [9.17, 15) is 37.4 Å². The third-order valence-electron chi connectivity index (χ3n) is 8.69. The largest absolute Gasteiger partial charge is 0.487 e. The molecule has 0 fully saturated rings. The number of para-hydroxylation sites is 1. The van der Waals surface area contributed by atoms with Gasteiger partial charge in [-0.05, 0) is 108 Å². The zero-order chi connectivity index (χ0) is 52.9. The highest BCUT2D eigenvalue weighted by atomic mass is 35.5. The van der Waals surface area contributed by atoms with E-state index in [4.69, 9.17) is 64.7 Å². The Morgan fingerprint density at radius 2 is 1.65 bits per heavy atom. The van der Waals surface area contributed by atoms with Gasteiger partial charge in [0.2, 0.25) is 28.8 Å². The molecule has 3 atom stereocenters. The number of carbonyl (C=O) groups excluding carboxylic acids is 1. The molecule has 0 spiro atoms. The minimum absolute atomic E-state index is 0.0111. The molecule has 0 radical (unpaired) electrons. The minimum Gasteiger partial charge on any atom is -0.487 e. The number of nitro benzene ring substituents is 1. The normalized spacial score (nSPS) is 12.7. The number of aliphatic carboxylic acids is 1. The summed E-state index contributed by atoms with van der Waals surface area (Å²) in [5.41, 5.74) is 7.05. The molecule has 18 nitrogen and oxygen atoms in total. The Morgan fingerprint density at radius 3 is 2.14 bits per heavy atom. The Bertz CT molecular complexity index is 2340. The molecular formula is C44H61Cl3F3N8O10P. The summed E-state index contributed by atoms with van der Waals surface area (Å²) in [6.45, 7) is 18.4. The first kappa shape index (κ1) is 62.0. The lowest BCUT2D eigenvalue weighted by atomic mass is 10.0. The van der Waals surface area contributed by atoms with Crippen LogP contribution in [-0.4, -0.2) is 105 Å². The highest BCUT2D eigenvalue weighted by Gasteiger charge is 2.31. The van der Waals surface area contributed by atoms with Crippen molar-refractivity contribution in [2.75, 3.05) is 61.1 Å². The number of carboxylic acid groups (broad SMARTS) is 1. The van der Waals surface area contributed by atoms with Gasteiger partial charge in [-0.1, -0.05) is 36.7 Å². The van der Waals surface area contributed by atoms with Gasteiger partial charge in [-0.2, -0.15) is 28.1 Å². The molecule has 1 aromatic heterocycles. The maximum Gasteiger partial charge on any atom is 0.416 e. The Hall–Kier alpha value is -5.02. The molecule has 0 aliphatic rings. The van der Waals surface area contributed by atoms with Crippen molar-refractivity contribution >= 4 is 77.3 Å². The number of hydrogen-bond acceptors (Lipinski definition) is 14. The summed E-state index contributed by atoms with van der Waals surface area (Å²) in [6, 6.07) is 11.4. The van der Waals surface area contributed by atoms with E-state index in [0.29, 0.717) is 18.5 Å². The number of amides is 1. The molecule has 4 rings (SSSR count). The van der Waals surface area contributed by atoms with Gasteiger partial charge in [0, 0.05) is 44.2 Å². The molecule has 0 bridgehead atoms. The maximum atomic E-state index is 12.6. The standard InChI is InChI=1S/C15H11ClF3NO4.C15H22ClNO2.C9H16ClN5.C5H12NO4P/c1-2-23-14-8-10(4-5-12(14)20(21)22)24-13-6-3-9(7-11(13)16)15(17,18)19;1-5-13-8-6-7-11(2)15(13)17(14(18)9-16)12(3)10-19-4;1-5-11-7-12-6(10)13-8(14-7)15-9(2,3)4;1-11(9,10)3-2-4(6)5(7)8/h3-8H,2H2,1H3;6-8,12H,5,9-10H2,1-4H3;5H2,1-4H3,(H2,11,12,13,14,15);4H,2-3,6H2,1H3,(H,7,8)(H,9,10). The van der Waals surface area contributed by atoms with Crippen LogP contribution in [0.15, 0.2) is 54.6 Å². The summed E-state index contributed by atoms with van der Waals surface area (Å²) in [7, 11) is -1.47.